The summed E-state index contributed by atoms with van der Waals surface area (Å²) in [4.78, 5) is 23.3. The first-order chi connectivity index (χ1) is 10.1. The Morgan fingerprint density at radius 1 is 1.00 bits per heavy atom. The van der Waals surface area contributed by atoms with Crippen LogP contribution in [-0.2, 0) is 4.79 Å². The monoisotopic (exact) mass is 286 g/mol. The van der Waals surface area contributed by atoms with Crippen molar-refractivity contribution >= 4 is 23.2 Å². The molecule has 21 heavy (non-hydrogen) atoms. The lowest BCUT2D eigenvalue weighted by Gasteiger charge is -2.08. The first kappa shape index (κ1) is 14.7. The Morgan fingerprint density at radius 2 is 1.67 bits per heavy atom. The third kappa shape index (κ3) is 3.89. The van der Waals surface area contributed by atoms with Crippen LogP contribution in [0.1, 0.15) is 23.7 Å². The molecule has 0 saturated heterocycles. The van der Waals surface area contributed by atoms with Crippen LogP contribution in [-0.4, -0.2) is 11.8 Å². The highest BCUT2D eigenvalue weighted by Crippen LogP contribution is 2.17. The van der Waals surface area contributed by atoms with Crippen LogP contribution in [0.5, 0.6) is 0 Å². The van der Waals surface area contributed by atoms with Gasteiger partial charge in [-0.3, -0.25) is 9.59 Å². The van der Waals surface area contributed by atoms with E-state index in [-0.39, 0.29) is 11.5 Å². The zero-order valence-electron chi connectivity index (χ0n) is 11.5. The summed E-state index contributed by atoms with van der Waals surface area (Å²) in [7, 11) is 0. The number of amides is 2. The van der Waals surface area contributed by atoms with Crippen LogP contribution >= 0.6 is 0 Å². The number of carbonyl (C=O) groups is 2. The highest BCUT2D eigenvalue weighted by molar-refractivity contribution is 6.04. The van der Waals surface area contributed by atoms with E-state index >= 15 is 0 Å². The van der Waals surface area contributed by atoms with E-state index < -0.39 is 11.7 Å². The third-order valence-electron chi connectivity index (χ3n) is 2.84. The Labute approximate surface area is 122 Å². The van der Waals surface area contributed by atoms with Gasteiger partial charge in [0.25, 0.3) is 5.91 Å². The largest absolute Gasteiger partial charge is 0.326 e. The highest BCUT2D eigenvalue weighted by atomic mass is 19.1. The average molecular weight is 286 g/mol. The Hall–Kier alpha value is -2.69. The Balaban J connectivity index is 2.13. The van der Waals surface area contributed by atoms with Gasteiger partial charge in [0.1, 0.15) is 5.82 Å². The second-order valence-corrected chi connectivity index (χ2v) is 4.42. The SMILES string of the molecule is CCC(=O)Nc1cccc(NC(=O)c2ccccc2F)c1. The van der Waals surface area contributed by atoms with Crippen molar-refractivity contribution in [3.05, 3.63) is 59.9 Å². The molecule has 0 aliphatic heterocycles. The maximum absolute atomic E-state index is 13.5. The number of hydrogen-bond donors (Lipinski definition) is 2. The van der Waals surface area contributed by atoms with Crippen LogP contribution in [0.3, 0.4) is 0 Å². The van der Waals surface area contributed by atoms with Gasteiger partial charge in [-0.2, -0.15) is 0 Å². The van der Waals surface area contributed by atoms with E-state index in [9.17, 15) is 14.0 Å². The van der Waals surface area contributed by atoms with Gasteiger partial charge in [-0.05, 0) is 30.3 Å². The van der Waals surface area contributed by atoms with Gasteiger partial charge in [-0.15, -0.1) is 0 Å². The fraction of sp³-hybridized carbons (Fsp3) is 0.125. The van der Waals surface area contributed by atoms with Crippen LogP contribution in [0.25, 0.3) is 0 Å². The van der Waals surface area contributed by atoms with E-state index in [1.807, 2.05) is 0 Å². The summed E-state index contributed by atoms with van der Waals surface area (Å²) in [6, 6.07) is 12.4. The van der Waals surface area contributed by atoms with Crippen molar-refractivity contribution in [2.45, 2.75) is 13.3 Å². The van der Waals surface area contributed by atoms with E-state index in [1.165, 1.54) is 18.2 Å². The summed E-state index contributed by atoms with van der Waals surface area (Å²) < 4.78 is 13.5. The molecule has 0 aliphatic carbocycles. The van der Waals surface area contributed by atoms with Gasteiger partial charge in [-0.1, -0.05) is 25.1 Å². The first-order valence-electron chi connectivity index (χ1n) is 6.56. The molecule has 0 saturated carbocycles. The molecular formula is C16H15FN2O2. The number of hydrogen-bond acceptors (Lipinski definition) is 2. The molecule has 0 unspecified atom stereocenters. The van der Waals surface area contributed by atoms with Gasteiger partial charge in [0.15, 0.2) is 0 Å². The summed E-state index contributed by atoms with van der Waals surface area (Å²) in [6.45, 7) is 1.75. The van der Waals surface area contributed by atoms with Crippen molar-refractivity contribution in [3.8, 4) is 0 Å². The minimum Gasteiger partial charge on any atom is -0.326 e. The summed E-state index contributed by atoms with van der Waals surface area (Å²) >= 11 is 0. The van der Waals surface area contributed by atoms with Crippen LogP contribution in [0.4, 0.5) is 15.8 Å². The number of nitrogens with one attached hydrogen (secondary N) is 2. The predicted molar refractivity (Wildman–Crippen MR) is 79.7 cm³/mol. The molecule has 0 atom stereocenters. The van der Waals surface area contributed by atoms with Crippen molar-refractivity contribution in [1.82, 2.24) is 0 Å². The molecule has 2 aromatic rings. The molecule has 5 heteroatoms. The molecule has 108 valence electrons. The lowest BCUT2D eigenvalue weighted by atomic mass is 10.2. The lowest BCUT2D eigenvalue weighted by Crippen LogP contribution is -2.14. The summed E-state index contributed by atoms with van der Waals surface area (Å²) in [5.74, 6) is -1.23. The predicted octanol–water partition coefficient (Wildman–Crippen LogP) is 3.43. The van der Waals surface area contributed by atoms with E-state index in [2.05, 4.69) is 10.6 Å². The molecule has 0 heterocycles. The maximum atomic E-state index is 13.5. The van der Waals surface area contributed by atoms with Crippen molar-refractivity contribution in [1.29, 1.82) is 0 Å². The van der Waals surface area contributed by atoms with Gasteiger partial charge in [0.05, 0.1) is 5.56 Å². The molecule has 0 spiro atoms. The summed E-state index contributed by atoms with van der Waals surface area (Å²) in [5, 5.41) is 5.29. The third-order valence-corrected chi connectivity index (χ3v) is 2.84. The van der Waals surface area contributed by atoms with Crippen molar-refractivity contribution in [3.63, 3.8) is 0 Å². The van der Waals surface area contributed by atoms with E-state index in [0.29, 0.717) is 17.8 Å². The average Bonchev–Trinajstić information content (AvgIpc) is 2.47. The molecule has 0 radical (unpaired) electrons. The standard InChI is InChI=1S/C16H15FN2O2/c1-2-15(20)18-11-6-5-7-12(10-11)19-16(21)13-8-3-4-9-14(13)17/h3-10H,2H2,1H3,(H,18,20)(H,19,21). The van der Waals surface area contributed by atoms with E-state index in [1.54, 1.807) is 37.3 Å². The fourth-order valence-corrected chi connectivity index (χ4v) is 1.77. The van der Waals surface area contributed by atoms with E-state index in [0.717, 1.165) is 0 Å². The molecule has 0 bridgehead atoms. The molecule has 2 N–H and O–H groups in total. The quantitative estimate of drug-likeness (QED) is 0.904. The zero-order chi connectivity index (χ0) is 15.2. The number of halogens is 1. The van der Waals surface area contributed by atoms with Crippen molar-refractivity contribution in [2.24, 2.45) is 0 Å². The normalized spacial score (nSPS) is 10.0. The first-order valence-corrected chi connectivity index (χ1v) is 6.56. The minimum atomic E-state index is -0.578. The van der Waals surface area contributed by atoms with Crippen molar-refractivity contribution < 1.29 is 14.0 Å². The smallest absolute Gasteiger partial charge is 0.258 e. The van der Waals surface area contributed by atoms with Crippen LogP contribution < -0.4 is 10.6 Å². The molecule has 2 rings (SSSR count). The Kier molecular flexibility index (Phi) is 4.66. The van der Waals surface area contributed by atoms with Crippen molar-refractivity contribution in [2.75, 3.05) is 10.6 Å². The Bertz CT molecular complexity index is 671. The molecule has 0 fully saturated rings. The second-order valence-electron chi connectivity index (χ2n) is 4.42. The minimum absolute atomic E-state index is 0.0273. The van der Waals surface area contributed by atoms with Gasteiger partial charge < -0.3 is 10.6 Å². The van der Waals surface area contributed by atoms with Gasteiger partial charge in [-0.25, -0.2) is 4.39 Å². The highest BCUT2D eigenvalue weighted by Gasteiger charge is 2.11. The van der Waals surface area contributed by atoms with Gasteiger partial charge in [0.2, 0.25) is 5.91 Å². The van der Waals surface area contributed by atoms with E-state index in [4.69, 9.17) is 0 Å². The number of benzene rings is 2. The Morgan fingerprint density at radius 3 is 2.33 bits per heavy atom. The van der Waals surface area contributed by atoms with Crippen LogP contribution in [0, 0.1) is 5.82 Å². The van der Waals surface area contributed by atoms with Gasteiger partial charge >= 0.3 is 0 Å². The number of anilines is 2. The molecule has 4 nitrogen and oxygen atoms in total. The number of carbonyl (C=O) groups excluding carboxylic acids is 2. The summed E-state index contributed by atoms with van der Waals surface area (Å²) in [5.41, 5.74) is 1.03. The summed E-state index contributed by atoms with van der Waals surface area (Å²) in [6.07, 6.45) is 0.367. The lowest BCUT2D eigenvalue weighted by molar-refractivity contribution is -0.115. The van der Waals surface area contributed by atoms with Crippen LogP contribution in [0.15, 0.2) is 48.5 Å². The van der Waals surface area contributed by atoms with Gasteiger partial charge in [0, 0.05) is 17.8 Å². The second kappa shape index (κ2) is 6.65. The zero-order valence-corrected chi connectivity index (χ0v) is 11.5. The molecular weight excluding hydrogens is 271 g/mol. The van der Waals surface area contributed by atoms with Crippen LogP contribution in [0.2, 0.25) is 0 Å². The molecule has 0 aromatic heterocycles. The molecule has 2 aromatic carbocycles. The number of rotatable bonds is 4. The molecule has 0 aliphatic rings. The molecule has 2 amide bonds. The topological polar surface area (TPSA) is 58.2 Å². The maximum Gasteiger partial charge on any atom is 0.258 e. The fourth-order valence-electron chi connectivity index (χ4n) is 1.77.